The third-order valence-electron chi connectivity index (χ3n) is 3.10. The lowest BCUT2D eigenvalue weighted by atomic mass is 10.2. The number of anilines is 1. The number of morpholine rings is 1. The molecule has 2 atom stereocenters. The van der Waals surface area contributed by atoms with Crippen LogP contribution in [0, 0.1) is 6.92 Å². The van der Waals surface area contributed by atoms with Crippen molar-refractivity contribution in [1.82, 2.24) is 9.97 Å². The van der Waals surface area contributed by atoms with Crippen LogP contribution in [0.1, 0.15) is 25.1 Å². The number of ether oxygens (including phenoxy) is 1. The minimum atomic E-state index is -0.0127. The van der Waals surface area contributed by atoms with Crippen molar-refractivity contribution in [2.75, 3.05) is 18.1 Å². The summed E-state index contributed by atoms with van der Waals surface area (Å²) in [7, 11) is 0. The van der Waals surface area contributed by atoms with Crippen LogP contribution in [0.2, 0.25) is 0 Å². The molecule has 1 fully saturated rings. The fourth-order valence-corrected chi connectivity index (χ4v) is 1.96. The SMILES string of the molecule is Cc1nc(N2CC(C)OCC2C)ncc1CO. The first-order valence-electron chi connectivity index (χ1n) is 5.93. The molecule has 94 valence electrons. The molecule has 1 aliphatic heterocycles. The summed E-state index contributed by atoms with van der Waals surface area (Å²) in [6, 6.07) is 0.283. The average molecular weight is 237 g/mol. The highest BCUT2D eigenvalue weighted by atomic mass is 16.5. The number of nitrogens with zero attached hydrogens (tertiary/aromatic N) is 3. The summed E-state index contributed by atoms with van der Waals surface area (Å²) in [5, 5.41) is 9.10. The molecule has 2 unspecified atom stereocenters. The van der Waals surface area contributed by atoms with Gasteiger partial charge in [-0.05, 0) is 20.8 Å². The quantitative estimate of drug-likeness (QED) is 0.828. The summed E-state index contributed by atoms with van der Waals surface area (Å²) >= 11 is 0. The molecule has 1 N–H and O–H groups in total. The number of aliphatic hydroxyl groups is 1. The summed E-state index contributed by atoms with van der Waals surface area (Å²) in [6.45, 7) is 7.54. The molecule has 2 heterocycles. The monoisotopic (exact) mass is 237 g/mol. The first kappa shape index (κ1) is 12.3. The molecule has 0 bridgehead atoms. The highest BCUT2D eigenvalue weighted by Crippen LogP contribution is 2.18. The lowest BCUT2D eigenvalue weighted by Crippen LogP contribution is -2.48. The number of aromatic nitrogens is 2. The molecule has 0 radical (unpaired) electrons. The molecule has 1 saturated heterocycles. The number of hydrogen-bond acceptors (Lipinski definition) is 5. The molecule has 0 saturated carbocycles. The van der Waals surface area contributed by atoms with E-state index in [0.29, 0.717) is 6.61 Å². The average Bonchev–Trinajstić information content (AvgIpc) is 2.32. The van der Waals surface area contributed by atoms with E-state index in [1.165, 1.54) is 0 Å². The van der Waals surface area contributed by atoms with E-state index >= 15 is 0 Å². The largest absolute Gasteiger partial charge is 0.392 e. The van der Waals surface area contributed by atoms with Crippen LogP contribution in [0.5, 0.6) is 0 Å². The van der Waals surface area contributed by atoms with E-state index in [1.807, 2.05) is 13.8 Å². The zero-order valence-corrected chi connectivity index (χ0v) is 10.6. The Labute approximate surface area is 101 Å². The number of hydrogen-bond donors (Lipinski definition) is 1. The van der Waals surface area contributed by atoms with Crippen molar-refractivity contribution < 1.29 is 9.84 Å². The van der Waals surface area contributed by atoms with Gasteiger partial charge >= 0.3 is 0 Å². The maximum absolute atomic E-state index is 9.10. The van der Waals surface area contributed by atoms with Gasteiger partial charge in [0.25, 0.3) is 0 Å². The smallest absolute Gasteiger partial charge is 0.225 e. The van der Waals surface area contributed by atoms with Crippen molar-refractivity contribution in [1.29, 1.82) is 0 Å². The Balaban J connectivity index is 2.23. The molecule has 5 heteroatoms. The Morgan fingerprint density at radius 1 is 1.53 bits per heavy atom. The van der Waals surface area contributed by atoms with E-state index in [2.05, 4.69) is 21.8 Å². The first-order valence-corrected chi connectivity index (χ1v) is 5.93. The van der Waals surface area contributed by atoms with Crippen molar-refractivity contribution in [3.63, 3.8) is 0 Å². The Bertz CT molecular complexity index is 397. The first-order chi connectivity index (χ1) is 8.11. The van der Waals surface area contributed by atoms with E-state index in [9.17, 15) is 0 Å². The Morgan fingerprint density at radius 2 is 2.29 bits per heavy atom. The molecule has 1 aromatic rings. The molecule has 0 amide bonds. The van der Waals surface area contributed by atoms with Gasteiger partial charge in [0.15, 0.2) is 0 Å². The second-order valence-electron chi connectivity index (χ2n) is 4.58. The molecule has 0 aliphatic carbocycles. The fraction of sp³-hybridized carbons (Fsp3) is 0.667. The molecular formula is C12H19N3O2. The topological polar surface area (TPSA) is 58.5 Å². The summed E-state index contributed by atoms with van der Waals surface area (Å²) < 4.78 is 5.58. The zero-order chi connectivity index (χ0) is 12.4. The predicted molar refractivity (Wildman–Crippen MR) is 64.9 cm³/mol. The van der Waals surface area contributed by atoms with Crippen molar-refractivity contribution in [3.05, 3.63) is 17.5 Å². The third kappa shape index (κ3) is 2.56. The van der Waals surface area contributed by atoms with E-state index in [-0.39, 0.29) is 18.8 Å². The van der Waals surface area contributed by atoms with E-state index in [0.717, 1.165) is 23.8 Å². The maximum Gasteiger partial charge on any atom is 0.225 e. The normalized spacial score (nSPS) is 25.1. The van der Waals surface area contributed by atoms with Gasteiger partial charge in [-0.3, -0.25) is 0 Å². The maximum atomic E-state index is 9.10. The Morgan fingerprint density at radius 3 is 2.94 bits per heavy atom. The van der Waals surface area contributed by atoms with Gasteiger partial charge < -0.3 is 14.7 Å². The molecule has 1 aromatic heterocycles. The second kappa shape index (κ2) is 4.98. The van der Waals surface area contributed by atoms with Crippen molar-refractivity contribution in [2.45, 2.75) is 39.5 Å². The van der Waals surface area contributed by atoms with Crippen molar-refractivity contribution in [2.24, 2.45) is 0 Å². The summed E-state index contributed by atoms with van der Waals surface area (Å²) in [4.78, 5) is 10.9. The number of aliphatic hydroxyl groups excluding tert-OH is 1. The van der Waals surface area contributed by atoms with Gasteiger partial charge in [0.1, 0.15) is 0 Å². The predicted octanol–water partition coefficient (Wildman–Crippen LogP) is 0.891. The van der Waals surface area contributed by atoms with Gasteiger partial charge in [-0.2, -0.15) is 0 Å². The van der Waals surface area contributed by atoms with Gasteiger partial charge in [0.05, 0.1) is 25.4 Å². The van der Waals surface area contributed by atoms with E-state index < -0.39 is 0 Å². The van der Waals surface area contributed by atoms with E-state index in [1.54, 1.807) is 6.20 Å². The molecule has 2 rings (SSSR count). The molecule has 5 nitrogen and oxygen atoms in total. The number of rotatable bonds is 2. The lowest BCUT2D eigenvalue weighted by Gasteiger charge is -2.36. The summed E-state index contributed by atoms with van der Waals surface area (Å²) in [5.74, 6) is 0.724. The highest BCUT2D eigenvalue weighted by molar-refractivity contribution is 5.35. The lowest BCUT2D eigenvalue weighted by molar-refractivity contribution is 0.0336. The van der Waals surface area contributed by atoms with Gasteiger partial charge in [-0.1, -0.05) is 0 Å². The van der Waals surface area contributed by atoms with Crippen molar-refractivity contribution in [3.8, 4) is 0 Å². The minimum absolute atomic E-state index is 0.0127. The van der Waals surface area contributed by atoms with Crippen LogP contribution in [0.25, 0.3) is 0 Å². The fourth-order valence-electron chi connectivity index (χ4n) is 1.96. The molecule has 1 aliphatic rings. The van der Waals surface area contributed by atoms with Crippen molar-refractivity contribution >= 4 is 5.95 Å². The van der Waals surface area contributed by atoms with Gasteiger partial charge in [-0.25, -0.2) is 9.97 Å². The van der Waals surface area contributed by atoms with Crippen LogP contribution < -0.4 is 4.90 Å². The summed E-state index contributed by atoms with van der Waals surface area (Å²) in [5.41, 5.74) is 1.62. The number of aryl methyl sites for hydroxylation is 1. The standard InChI is InChI=1S/C12H19N3O2/c1-8-7-17-9(2)5-15(8)12-13-4-11(6-16)10(3)14-12/h4,8-9,16H,5-7H2,1-3H3. The highest BCUT2D eigenvalue weighted by Gasteiger charge is 2.25. The van der Waals surface area contributed by atoms with Gasteiger partial charge in [0, 0.05) is 24.0 Å². The van der Waals surface area contributed by atoms with Crippen LogP contribution in [0.4, 0.5) is 5.95 Å². The van der Waals surface area contributed by atoms with Crippen LogP contribution in [-0.4, -0.2) is 40.4 Å². The Kier molecular flexibility index (Phi) is 3.59. The minimum Gasteiger partial charge on any atom is -0.392 e. The summed E-state index contributed by atoms with van der Waals surface area (Å²) in [6.07, 6.45) is 1.90. The van der Waals surface area contributed by atoms with Crippen LogP contribution >= 0.6 is 0 Å². The van der Waals surface area contributed by atoms with Gasteiger partial charge in [0.2, 0.25) is 5.95 Å². The molecular weight excluding hydrogens is 218 g/mol. The molecule has 17 heavy (non-hydrogen) atoms. The third-order valence-corrected chi connectivity index (χ3v) is 3.10. The van der Waals surface area contributed by atoms with Crippen LogP contribution in [-0.2, 0) is 11.3 Å². The van der Waals surface area contributed by atoms with Gasteiger partial charge in [-0.15, -0.1) is 0 Å². The van der Waals surface area contributed by atoms with Crippen LogP contribution in [0.15, 0.2) is 6.20 Å². The molecule has 0 spiro atoms. The second-order valence-corrected chi connectivity index (χ2v) is 4.58. The zero-order valence-electron chi connectivity index (χ0n) is 10.6. The van der Waals surface area contributed by atoms with Crippen LogP contribution in [0.3, 0.4) is 0 Å². The molecule has 0 aromatic carbocycles. The Hall–Kier alpha value is -1.20. The van der Waals surface area contributed by atoms with E-state index in [4.69, 9.17) is 9.84 Å².